The highest BCUT2D eigenvalue weighted by atomic mass is 19.4. The summed E-state index contributed by atoms with van der Waals surface area (Å²) in [7, 11) is 0. The van der Waals surface area contributed by atoms with E-state index in [0.717, 1.165) is 30.7 Å². The van der Waals surface area contributed by atoms with Crippen molar-refractivity contribution in [3.05, 3.63) is 84.3 Å². The van der Waals surface area contributed by atoms with Gasteiger partial charge in [0.05, 0.1) is 11.6 Å². The number of hydrogen-bond acceptors (Lipinski definition) is 4. The predicted molar refractivity (Wildman–Crippen MR) is 119 cm³/mol. The highest BCUT2D eigenvalue weighted by Gasteiger charge is 2.34. The molecule has 1 aliphatic rings. The maximum Gasteiger partial charge on any atom is 0.417 e. The molecule has 1 atom stereocenters. The molecule has 0 radical (unpaired) electrons. The molecule has 3 aromatic heterocycles. The lowest BCUT2D eigenvalue weighted by molar-refractivity contribution is -0.137. The number of imidazole rings is 1. The van der Waals surface area contributed by atoms with Gasteiger partial charge in [-0.05, 0) is 31.0 Å². The molecule has 0 saturated carbocycles. The molecule has 5 rings (SSSR count). The Kier molecular flexibility index (Phi) is 5.69. The molecule has 34 heavy (non-hydrogen) atoms. The Balaban J connectivity index is 1.39. The number of nitrogens with zero attached hydrogens (tertiary/aromatic N) is 4. The molecule has 1 saturated heterocycles. The van der Waals surface area contributed by atoms with Gasteiger partial charge in [0.15, 0.2) is 0 Å². The van der Waals surface area contributed by atoms with Crippen LogP contribution in [0, 0.1) is 0 Å². The molecule has 9 heteroatoms. The van der Waals surface area contributed by atoms with Gasteiger partial charge in [0.25, 0.3) is 5.91 Å². The Morgan fingerprint density at radius 2 is 1.85 bits per heavy atom. The van der Waals surface area contributed by atoms with Gasteiger partial charge < -0.3 is 9.64 Å². The third-order valence-corrected chi connectivity index (χ3v) is 5.90. The molecule has 1 amide bonds. The second-order valence-electron chi connectivity index (χ2n) is 8.09. The van der Waals surface area contributed by atoms with Gasteiger partial charge in [0, 0.05) is 30.6 Å². The largest absolute Gasteiger partial charge is 0.475 e. The maximum atomic E-state index is 13.8. The van der Waals surface area contributed by atoms with E-state index < -0.39 is 11.7 Å². The van der Waals surface area contributed by atoms with Crippen molar-refractivity contribution in [1.29, 1.82) is 0 Å². The van der Waals surface area contributed by atoms with E-state index in [0.29, 0.717) is 23.6 Å². The number of hydrogen-bond donors (Lipinski definition) is 0. The fourth-order valence-corrected chi connectivity index (χ4v) is 4.22. The molecule has 0 aliphatic carbocycles. The minimum atomic E-state index is -4.45. The van der Waals surface area contributed by atoms with Crippen molar-refractivity contribution in [3.63, 3.8) is 0 Å². The maximum absolute atomic E-state index is 13.8. The van der Waals surface area contributed by atoms with Crippen molar-refractivity contribution >= 4 is 11.6 Å². The van der Waals surface area contributed by atoms with Crippen molar-refractivity contribution in [2.75, 3.05) is 13.2 Å². The smallest absolute Gasteiger partial charge is 0.417 e. The van der Waals surface area contributed by atoms with Crippen LogP contribution in [0.4, 0.5) is 13.2 Å². The fraction of sp³-hybridized carbons (Fsp3) is 0.240. The van der Waals surface area contributed by atoms with Gasteiger partial charge in [-0.15, -0.1) is 0 Å². The molecule has 6 nitrogen and oxygen atoms in total. The quantitative estimate of drug-likeness (QED) is 0.411. The Hall–Kier alpha value is -3.88. The Labute approximate surface area is 193 Å². The number of carbonyl (C=O) groups excluding carboxylic acids is 1. The number of aromatic nitrogens is 3. The average Bonchev–Trinajstić information content (AvgIpc) is 3.47. The van der Waals surface area contributed by atoms with E-state index >= 15 is 0 Å². The number of likely N-dealkylation sites (tertiary alicyclic amines) is 1. The van der Waals surface area contributed by atoms with Crippen LogP contribution in [0.1, 0.15) is 28.9 Å². The van der Waals surface area contributed by atoms with Crippen LogP contribution in [0.3, 0.4) is 0 Å². The van der Waals surface area contributed by atoms with Gasteiger partial charge in [0.1, 0.15) is 23.6 Å². The molecule has 4 aromatic rings. The van der Waals surface area contributed by atoms with Crippen LogP contribution < -0.4 is 4.74 Å². The number of benzene rings is 1. The zero-order chi connectivity index (χ0) is 23.7. The second kappa shape index (κ2) is 8.81. The average molecular weight is 466 g/mol. The zero-order valence-corrected chi connectivity index (χ0v) is 18.1. The number of amides is 1. The van der Waals surface area contributed by atoms with E-state index in [1.807, 2.05) is 54.7 Å². The first-order valence-electron chi connectivity index (χ1n) is 10.9. The number of alkyl halides is 3. The first-order valence-corrected chi connectivity index (χ1v) is 10.9. The zero-order valence-electron chi connectivity index (χ0n) is 18.1. The van der Waals surface area contributed by atoms with E-state index in [1.165, 1.54) is 6.07 Å². The first kappa shape index (κ1) is 21.9. The molecule has 1 aliphatic heterocycles. The van der Waals surface area contributed by atoms with Crippen LogP contribution in [-0.2, 0) is 6.18 Å². The van der Waals surface area contributed by atoms with Gasteiger partial charge in [-0.1, -0.05) is 36.4 Å². The van der Waals surface area contributed by atoms with Gasteiger partial charge in [-0.3, -0.25) is 9.20 Å². The van der Waals surface area contributed by atoms with Crippen molar-refractivity contribution in [2.45, 2.75) is 25.1 Å². The van der Waals surface area contributed by atoms with Gasteiger partial charge in [0.2, 0.25) is 5.88 Å². The molecular formula is C25H21F3N4O2. The first-order chi connectivity index (χ1) is 16.4. The minimum Gasteiger partial charge on any atom is -0.475 e. The van der Waals surface area contributed by atoms with Crippen LogP contribution in [0.25, 0.3) is 16.9 Å². The predicted octanol–water partition coefficient (Wildman–Crippen LogP) is 5.10. The van der Waals surface area contributed by atoms with E-state index in [1.54, 1.807) is 9.30 Å². The lowest BCUT2D eigenvalue weighted by Gasteiger charge is -2.25. The minimum absolute atomic E-state index is 0.0899. The lowest BCUT2D eigenvalue weighted by Crippen LogP contribution is -2.39. The highest BCUT2D eigenvalue weighted by Crippen LogP contribution is 2.30. The summed E-state index contributed by atoms with van der Waals surface area (Å²) in [6.07, 6.45) is -0.362. The van der Waals surface area contributed by atoms with Crippen LogP contribution in [-0.4, -0.2) is 44.4 Å². The summed E-state index contributed by atoms with van der Waals surface area (Å²) in [5, 5.41) is 0. The molecule has 0 N–H and O–H groups in total. The van der Waals surface area contributed by atoms with Crippen molar-refractivity contribution in [3.8, 4) is 17.1 Å². The topological polar surface area (TPSA) is 59.7 Å². The van der Waals surface area contributed by atoms with Crippen molar-refractivity contribution < 1.29 is 22.7 Å². The highest BCUT2D eigenvalue weighted by molar-refractivity contribution is 6.00. The van der Waals surface area contributed by atoms with Gasteiger partial charge in [-0.25, -0.2) is 9.97 Å². The van der Waals surface area contributed by atoms with Crippen LogP contribution in [0.15, 0.2) is 73.1 Å². The summed E-state index contributed by atoms with van der Waals surface area (Å²) in [4.78, 5) is 24.0. The third-order valence-electron chi connectivity index (χ3n) is 5.90. The van der Waals surface area contributed by atoms with Crippen LogP contribution in [0.2, 0.25) is 0 Å². The summed E-state index contributed by atoms with van der Waals surface area (Å²) in [5.41, 5.74) is 1.76. The summed E-state index contributed by atoms with van der Waals surface area (Å²) >= 11 is 0. The second-order valence-corrected chi connectivity index (χ2v) is 8.09. The van der Waals surface area contributed by atoms with Crippen molar-refractivity contribution in [2.24, 2.45) is 0 Å². The molecule has 1 fully saturated rings. The summed E-state index contributed by atoms with van der Waals surface area (Å²) in [6, 6.07) is 17.0. The van der Waals surface area contributed by atoms with Gasteiger partial charge >= 0.3 is 6.18 Å². The number of fused-ring (bicyclic) bond motifs is 1. The fourth-order valence-electron chi connectivity index (χ4n) is 4.22. The number of pyridine rings is 2. The Morgan fingerprint density at radius 3 is 2.59 bits per heavy atom. The normalized spacial score (nSPS) is 16.2. The standard InChI is InChI=1S/C25H21F3N4O2/c26-25(27,28)18-11-12-21(29-15-18)34-16-19-9-6-14-31(19)24(33)23-22(17-7-2-1-3-8-17)30-20-10-4-5-13-32(20)23/h1-5,7-8,10-13,15,19H,6,9,14,16H2/t19-/m0/s1. The molecular weight excluding hydrogens is 445 g/mol. The SMILES string of the molecule is O=C(c1c(-c2ccccc2)nc2ccccn12)N1CCC[C@H]1COc1ccc(C(F)(F)F)cn1. The molecule has 0 bridgehead atoms. The summed E-state index contributed by atoms with van der Waals surface area (Å²) in [6.45, 7) is 0.698. The number of ether oxygens (including phenoxy) is 1. The number of halogens is 3. The van der Waals surface area contributed by atoms with Crippen LogP contribution in [0.5, 0.6) is 5.88 Å². The van der Waals surface area contributed by atoms with E-state index in [2.05, 4.69) is 4.98 Å². The molecule has 0 unspecified atom stereocenters. The van der Waals surface area contributed by atoms with Gasteiger partial charge in [-0.2, -0.15) is 13.2 Å². The monoisotopic (exact) mass is 466 g/mol. The Morgan fingerprint density at radius 1 is 1.06 bits per heavy atom. The molecule has 1 aromatic carbocycles. The molecule has 0 spiro atoms. The van der Waals surface area contributed by atoms with Crippen LogP contribution >= 0.6 is 0 Å². The van der Waals surface area contributed by atoms with E-state index in [9.17, 15) is 18.0 Å². The number of rotatable bonds is 5. The lowest BCUT2D eigenvalue weighted by atomic mass is 10.1. The Bertz CT molecular complexity index is 1300. The molecule has 174 valence electrons. The van der Waals surface area contributed by atoms with E-state index in [4.69, 9.17) is 9.72 Å². The third kappa shape index (κ3) is 4.21. The number of carbonyl (C=O) groups is 1. The summed E-state index contributed by atoms with van der Waals surface area (Å²) < 4.78 is 45.7. The van der Waals surface area contributed by atoms with Crippen molar-refractivity contribution in [1.82, 2.24) is 19.3 Å². The van der Waals surface area contributed by atoms with E-state index in [-0.39, 0.29) is 24.4 Å². The molecule has 4 heterocycles. The summed E-state index contributed by atoms with van der Waals surface area (Å²) in [5.74, 6) is -0.0730.